The number of allylic oxidation sites excluding steroid dienone is 1. The fraction of sp³-hybridized carbons (Fsp3) is 0.375. The van der Waals surface area contributed by atoms with Crippen LogP contribution in [-0.2, 0) is 9.59 Å². The van der Waals surface area contributed by atoms with Gasteiger partial charge >= 0.3 is 0 Å². The third kappa shape index (κ3) is 1.58. The number of aromatic hydroxyl groups is 1. The van der Waals surface area contributed by atoms with Crippen LogP contribution >= 0.6 is 0 Å². The number of aliphatic hydroxyl groups is 1. The Labute approximate surface area is 116 Å². The fourth-order valence-electron chi connectivity index (χ4n) is 3.41. The highest BCUT2D eigenvalue weighted by Gasteiger charge is 2.59. The highest BCUT2D eigenvalue weighted by atomic mass is 16.3. The van der Waals surface area contributed by atoms with Gasteiger partial charge in [0.25, 0.3) is 0 Å². The van der Waals surface area contributed by atoms with Crippen LogP contribution < -0.4 is 0 Å². The van der Waals surface area contributed by atoms with Crippen molar-refractivity contribution >= 4 is 11.6 Å². The van der Waals surface area contributed by atoms with Crippen LogP contribution in [0.3, 0.4) is 0 Å². The zero-order valence-electron chi connectivity index (χ0n) is 11.2. The van der Waals surface area contributed by atoms with Crippen molar-refractivity contribution < 1.29 is 19.8 Å². The smallest absolute Gasteiger partial charge is 0.182 e. The van der Waals surface area contributed by atoms with Crippen LogP contribution in [0.25, 0.3) is 0 Å². The minimum Gasteiger partial charge on any atom is -0.508 e. The second kappa shape index (κ2) is 4.03. The second-order valence-corrected chi connectivity index (χ2v) is 5.84. The molecule has 2 aliphatic carbocycles. The number of fused-ring (bicyclic) bond motifs is 2. The van der Waals surface area contributed by atoms with Gasteiger partial charge in [-0.2, -0.15) is 0 Å². The monoisotopic (exact) mass is 272 g/mol. The summed E-state index contributed by atoms with van der Waals surface area (Å²) >= 11 is 0. The van der Waals surface area contributed by atoms with Crippen molar-refractivity contribution in [1.29, 1.82) is 0 Å². The number of phenols is 1. The molecule has 20 heavy (non-hydrogen) atoms. The van der Waals surface area contributed by atoms with E-state index >= 15 is 0 Å². The molecule has 0 saturated heterocycles. The van der Waals surface area contributed by atoms with Crippen LogP contribution in [0, 0.1) is 5.41 Å². The molecule has 1 fully saturated rings. The molecule has 0 radical (unpaired) electrons. The number of carbonyl (C=O) groups is 2. The number of benzene rings is 1. The Morgan fingerprint density at radius 1 is 1.20 bits per heavy atom. The highest BCUT2D eigenvalue weighted by molar-refractivity contribution is 6.18. The van der Waals surface area contributed by atoms with Crippen LogP contribution in [0.2, 0.25) is 0 Å². The minimum absolute atomic E-state index is 0.146. The minimum atomic E-state index is -1.50. The van der Waals surface area contributed by atoms with Crippen LogP contribution in [0.4, 0.5) is 0 Å². The number of hydrogen-bond donors (Lipinski definition) is 2. The average molecular weight is 272 g/mol. The Bertz CT molecular complexity index is 616. The van der Waals surface area contributed by atoms with E-state index in [0.717, 1.165) is 5.56 Å². The van der Waals surface area contributed by atoms with E-state index in [0.29, 0.717) is 12.8 Å². The quantitative estimate of drug-likeness (QED) is 0.763. The van der Waals surface area contributed by atoms with Crippen LogP contribution in [0.5, 0.6) is 5.75 Å². The maximum Gasteiger partial charge on any atom is 0.182 e. The molecular formula is C16H16O4. The van der Waals surface area contributed by atoms with Gasteiger partial charge in [-0.15, -0.1) is 0 Å². The Morgan fingerprint density at radius 2 is 1.85 bits per heavy atom. The van der Waals surface area contributed by atoms with Gasteiger partial charge in [-0.05, 0) is 49.6 Å². The molecule has 3 unspecified atom stereocenters. The first-order valence-corrected chi connectivity index (χ1v) is 6.68. The van der Waals surface area contributed by atoms with Gasteiger partial charge in [-0.25, -0.2) is 0 Å². The first-order valence-electron chi connectivity index (χ1n) is 6.68. The molecule has 0 aromatic heterocycles. The SMILES string of the molecule is CC12C(=O)C=CC(O)(CCC1c1ccc(O)cc1)C2=O. The van der Waals surface area contributed by atoms with Gasteiger partial charge in [0.1, 0.15) is 11.4 Å². The summed E-state index contributed by atoms with van der Waals surface area (Å²) < 4.78 is 0. The number of phenolic OH excluding ortho intramolecular Hbond substituents is 1. The van der Waals surface area contributed by atoms with Crippen molar-refractivity contribution in [1.82, 2.24) is 0 Å². The molecule has 0 aliphatic heterocycles. The van der Waals surface area contributed by atoms with Crippen molar-refractivity contribution in [3.8, 4) is 5.75 Å². The van der Waals surface area contributed by atoms with Crippen molar-refractivity contribution in [3.63, 3.8) is 0 Å². The molecule has 3 atom stereocenters. The molecule has 0 amide bonds. The molecule has 2 bridgehead atoms. The lowest BCUT2D eigenvalue weighted by Gasteiger charge is -2.47. The van der Waals surface area contributed by atoms with Gasteiger partial charge in [0, 0.05) is 5.92 Å². The molecular weight excluding hydrogens is 256 g/mol. The van der Waals surface area contributed by atoms with E-state index in [-0.39, 0.29) is 17.5 Å². The second-order valence-electron chi connectivity index (χ2n) is 5.84. The molecule has 1 saturated carbocycles. The lowest BCUT2D eigenvalue weighted by Crippen LogP contribution is -2.58. The summed E-state index contributed by atoms with van der Waals surface area (Å²) in [4.78, 5) is 24.8. The van der Waals surface area contributed by atoms with Crippen molar-refractivity contribution in [2.45, 2.75) is 31.3 Å². The predicted octanol–water partition coefficient (Wildman–Crippen LogP) is 1.71. The Morgan fingerprint density at radius 3 is 2.50 bits per heavy atom. The van der Waals surface area contributed by atoms with Gasteiger partial charge in [-0.3, -0.25) is 9.59 Å². The number of Topliss-reactive ketones (excluding diaryl/α,β-unsaturated/α-hetero) is 1. The van der Waals surface area contributed by atoms with Crippen LogP contribution in [0.1, 0.15) is 31.2 Å². The largest absolute Gasteiger partial charge is 0.508 e. The molecule has 2 N–H and O–H groups in total. The number of ketones is 2. The fourth-order valence-corrected chi connectivity index (χ4v) is 3.41. The van der Waals surface area contributed by atoms with E-state index in [2.05, 4.69) is 0 Å². The summed E-state index contributed by atoms with van der Waals surface area (Å²) in [6.45, 7) is 1.61. The Hall–Kier alpha value is -1.94. The lowest BCUT2D eigenvalue weighted by atomic mass is 9.55. The third-order valence-corrected chi connectivity index (χ3v) is 4.69. The molecule has 1 aromatic rings. The molecule has 1 aromatic carbocycles. The third-order valence-electron chi connectivity index (χ3n) is 4.69. The molecule has 0 spiro atoms. The maximum atomic E-state index is 12.5. The van der Waals surface area contributed by atoms with E-state index in [1.807, 2.05) is 0 Å². The van der Waals surface area contributed by atoms with Gasteiger partial charge in [0.2, 0.25) is 0 Å². The summed E-state index contributed by atoms with van der Waals surface area (Å²) in [5.41, 5.74) is -1.89. The zero-order chi connectivity index (χ0) is 14.5. The molecule has 4 nitrogen and oxygen atoms in total. The van der Waals surface area contributed by atoms with Gasteiger partial charge in [0.15, 0.2) is 11.6 Å². The summed E-state index contributed by atoms with van der Waals surface area (Å²) in [6, 6.07) is 6.56. The van der Waals surface area contributed by atoms with E-state index in [9.17, 15) is 19.8 Å². The predicted molar refractivity (Wildman–Crippen MR) is 72.3 cm³/mol. The van der Waals surface area contributed by atoms with E-state index in [1.54, 1.807) is 31.2 Å². The van der Waals surface area contributed by atoms with Crippen LogP contribution in [-0.4, -0.2) is 27.4 Å². The Balaban J connectivity index is 2.10. The normalized spacial score (nSPS) is 36.2. The summed E-state index contributed by atoms with van der Waals surface area (Å²) in [7, 11) is 0. The summed E-state index contributed by atoms with van der Waals surface area (Å²) in [6.07, 6.45) is 3.52. The number of rotatable bonds is 1. The summed E-state index contributed by atoms with van der Waals surface area (Å²) in [5, 5.41) is 19.7. The summed E-state index contributed by atoms with van der Waals surface area (Å²) in [5.74, 6) is -0.799. The van der Waals surface area contributed by atoms with E-state index in [4.69, 9.17) is 0 Å². The van der Waals surface area contributed by atoms with Gasteiger partial charge in [0.05, 0.1) is 5.41 Å². The zero-order valence-corrected chi connectivity index (χ0v) is 11.2. The van der Waals surface area contributed by atoms with Crippen molar-refractivity contribution in [2.75, 3.05) is 0 Å². The van der Waals surface area contributed by atoms with E-state index in [1.165, 1.54) is 12.2 Å². The lowest BCUT2D eigenvalue weighted by molar-refractivity contribution is -0.156. The Kier molecular flexibility index (Phi) is 2.63. The number of hydrogen-bond acceptors (Lipinski definition) is 4. The molecule has 0 heterocycles. The maximum absolute atomic E-state index is 12.5. The number of carbonyl (C=O) groups excluding carboxylic acids is 2. The van der Waals surface area contributed by atoms with Crippen molar-refractivity contribution in [3.05, 3.63) is 42.0 Å². The van der Waals surface area contributed by atoms with E-state index < -0.39 is 16.8 Å². The first kappa shape index (κ1) is 13.1. The highest BCUT2D eigenvalue weighted by Crippen LogP contribution is 2.51. The average Bonchev–Trinajstić information content (AvgIpc) is 2.43. The van der Waals surface area contributed by atoms with Crippen molar-refractivity contribution in [2.24, 2.45) is 5.41 Å². The molecule has 2 aliphatic rings. The molecule has 3 rings (SSSR count). The van der Waals surface area contributed by atoms with Gasteiger partial charge in [-0.1, -0.05) is 12.1 Å². The van der Waals surface area contributed by atoms with Crippen LogP contribution in [0.15, 0.2) is 36.4 Å². The topological polar surface area (TPSA) is 74.6 Å². The standard InChI is InChI=1S/C16H16O4/c1-15-12(10-2-4-11(17)5-3-10)6-8-16(20,14(15)19)9-7-13(15)18/h2-5,7,9,12,17,20H,6,8H2,1H3. The molecule has 4 heteroatoms. The first-order chi connectivity index (χ1) is 9.38. The van der Waals surface area contributed by atoms with Gasteiger partial charge < -0.3 is 10.2 Å². The molecule has 104 valence electrons.